The van der Waals surface area contributed by atoms with Crippen molar-refractivity contribution in [2.75, 3.05) is 6.54 Å². The van der Waals surface area contributed by atoms with Crippen molar-refractivity contribution in [3.05, 3.63) is 70.5 Å². The highest BCUT2D eigenvalue weighted by atomic mass is 19.1. The Hall–Kier alpha value is -1.71. The summed E-state index contributed by atoms with van der Waals surface area (Å²) in [4.78, 5) is 0. The van der Waals surface area contributed by atoms with Crippen molar-refractivity contribution in [3.8, 4) is 0 Å². The quantitative estimate of drug-likeness (QED) is 0.608. The van der Waals surface area contributed by atoms with Gasteiger partial charge in [0, 0.05) is 6.04 Å². The SMILES string of the molecule is CC(C)c1cccc(C2CCCCC2)c1.Cc1cc(F)cc(C[C@H](N)CCN)c1. The summed E-state index contributed by atoms with van der Waals surface area (Å²) in [6.07, 6.45) is 8.57. The minimum atomic E-state index is -0.194. The second-order valence-corrected chi connectivity index (χ2v) is 8.84. The van der Waals surface area contributed by atoms with E-state index < -0.39 is 0 Å². The van der Waals surface area contributed by atoms with Gasteiger partial charge in [-0.3, -0.25) is 0 Å². The van der Waals surface area contributed by atoms with Gasteiger partial charge in [-0.1, -0.05) is 63.4 Å². The van der Waals surface area contributed by atoms with Crippen molar-refractivity contribution in [2.24, 2.45) is 11.5 Å². The summed E-state index contributed by atoms with van der Waals surface area (Å²) in [6.45, 7) is 7.01. The highest BCUT2D eigenvalue weighted by Crippen LogP contribution is 2.33. The lowest BCUT2D eigenvalue weighted by Gasteiger charge is -2.22. The van der Waals surface area contributed by atoms with Gasteiger partial charge in [0.25, 0.3) is 0 Å². The van der Waals surface area contributed by atoms with Crippen molar-refractivity contribution in [3.63, 3.8) is 0 Å². The van der Waals surface area contributed by atoms with Gasteiger partial charge in [-0.05, 0) is 85.4 Å². The van der Waals surface area contributed by atoms with Gasteiger partial charge in [0.1, 0.15) is 5.82 Å². The Kier molecular flexibility index (Phi) is 9.83. The Balaban J connectivity index is 0.000000208. The summed E-state index contributed by atoms with van der Waals surface area (Å²) in [5.41, 5.74) is 16.2. The molecule has 0 saturated heterocycles. The molecule has 0 aromatic heterocycles. The van der Waals surface area contributed by atoms with Gasteiger partial charge in [-0.2, -0.15) is 0 Å². The van der Waals surface area contributed by atoms with E-state index in [0.717, 1.165) is 23.5 Å². The smallest absolute Gasteiger partial charge is 0.123 e. The summed E-state index contributed by atoms with van der Waals surface area (Å²) in [5.74, 6) is 1.31. The van der Waals surface area contributed by atoms with E-state index in [4.69, 9.17) is 11.5 Å². The molecule has 1 fully saturated rings. The lowest BCUT2D eigenvalue weighted by Crippen LogP contribution is -2.26. The Morgan fingerprint density at radius 1 is 1.03 bits per heavy atom. The molecule has 1 aliphatic rings. The normalized spacial score (nSPS) is 15.7. The van der Waals surface area contributed by atoms with Gasteiger partial charge < -0.3 is 11.5 Å². The van der Waals surface area contributed by atoms with E-state index in [2.05, 4.69) is 38.1 Å². The van der Waals surface area contributed by atoms with Crippen molar-refractivity contribution < 1.29 is 4.39 Å². The lowest BCUT2D eigenvalue weighted by molar-refractivity contribution is 0.443. The van der Waals surface area contributed by atoms with Crippen molar-refractivity contribution in [1.82, 2.24) is 0 Å². The molecule has 0 bridgehead atoms. The van der Waals surface area contributed by atoms with Gasteiger partial charge in [-0.25, -0.2) is 4.39 Å². The van der Waals surface area contributed by atoms with E-state index in [1.807, 2.05) is 13.0 Å². The molecule has 1 saturated carbocycles. The monoisotopic (exact) mass is 398 g/mol. The Morgan fingerprint density at radius 2 is 1.76 bits per heavy atom. The van der Waals surface area contributed by atoms with Crippen LogP contribution in [0.1, 0.15) is 86.5 Å². The van der Waals surface area contributed by atoms with E-state index >= 15 is 0 Å². The third kappa shape index (κ3) is 8.28. The van der Waals surface area contributed by atoms with Gasteiger partial charge in [0.2, 0.25) is 0 Å². The number of hydrogen-bond acceptors (Lipinski definition) is 2. The van der Waals surface area contributed by atoms with Crippen LogP contribution in [0.4, 0.5) is 4.39 Å². The molecule has 0 aliphatic heterocycles. The molecule has 2 aromatic carbocycles. The maximum atomic E-state index is 13.0. The van der Waals surface area contributed by atoms with Crippen LogP contribution in [0.15, 0.2) is 42.5 Å². The van der Waals surface area contributed by atoms with Gasteiger partial charge in [0.15, 0.2) is 0 Å². The van der Waals surface area contributed by atoms with Crippen molar-refractivity contribution in [2.45, 2.75) is 83.6 Å². The van der Waals surface area contributed by atoms with Crippen LogP contribution in [0.2, 0.25) is 0 Å². The van der Waals surface area contributed by atoms with Gasteiger partial charge >= 0.3 is 0 Å². The predicted octanol–water partition coefficient (Wildman–Crippen LogP) is 6.21. The molecule has 2 nitrogen and oxygen atoms in total. The fourth-order valence-electron chi connectivity index (χ4n) is 4.16. The van der Waals surface area contributed by atoms with Crippen LogP contribution in [0.25, 0.3) is 0 Å². The Morgan fingerprint density at radius 3 is 2.38 bits per heavy atom. The van der Waals surface area contributed by atoms with E-state index in [1.165, 1.54) is 49.8 Å². The topological polar surface area (TPSA) is 52.0 Å². The first kappa shape index (κ1) is 23.6. The Labute approximate surface area is 176 Å². The van der Waals surface area contributed by atoms with Crippen LogP contribution in [-0.2, 0) is 6.42 Å². The maximum absolute atomic E-state index is 13.0. The number of nitrogens with two attached hydrogens (primary N) is 2. The number of hydrogen-bond donors (Lipinski definition) is 2. The largest absolute Gasteiger partial charge is 0.330 e. The van der Waals surface area contributed by atoms with Crippen LogP contribution in [0, 0.1) is 12.7 Å². The zero-order chi connectivity index (χ0) is 21.2. The van der Waals surface area contributed by atoms with E-state index in [-0.39, 0.29) is 11.9 Å². The summed E-state index contributed by atoms with van der Waals surface area (Å²) >= 11 is 0. The van der Waals surface area contributed by atoms with Crippen LogP contribution in [0.3, 0.4) is 0 Å². The average Bonchev–Trinajstić information content (AvgIpc) is 2.68. The maximum Gasteiger partial charge on any atom is 0.123 e. The molecule has 3 rings (SSSR count). The molecule has 2 aromatic rings. The van der Waals surface area contributed by atoms with Crippen molar-refractivity contribution >= 4 is 0 Å². The number of rotatable bonds is 6. The van der Waals surface area contributed by atoms with E-state index in [0.29, 0.717) is 18.9 Å². The minimum Gasteiger partial charge on any atom is -0.330 e. The van der Waals surface area contributed by atoms with Gasteiger partial charge in [-0.15, -0.1) is 0 Å². The fourth-order valence-corrected chi connectivity index (χ4v) is 4.16. The fraction of sp³-hybridized carbons (Fsp3) is 0.538. The van der Waals surface area contributed by atoms with Crippen LogP contribution in [0.5, 0.6) is 0 Å². The van der Waals surface area contributed by atoms with E-state index in [9.17, 15) is 4.39 Å². The molecule has 29 heavy (non-hydrogen) atoms. The molecule has 1 aliphatic carbocycles. The first-order valence-electron chi connectivity index (χ1n) is 11.2. The van der Waals surface area contributed by atoms with Gasteiger partial charge in [0.05, 0.1) is 0 Å². The molecule has 0 heterocycles. The molecule has 3 heteroatoms. The summed E-state index contributed by atoms with van der Waals surface area (Å²) in [6, 6.07) is 14.3. The zero-order valence-electron chi connectivity index (χ0n) is 18.5. The first-order valence-corrected chi connectivity index (χ1v) is 11.2. The predicted molar refractivity (Wildman–Crippen MR) is 123 cm³/mol. The summed E-state index contributed by atoms with van der Waals surface area (Å²) in [7, 11) is 0. The number of benzene rings is 2. The summed E-state index contributed by atoms with van der Waals surface area (Å²) in [5, 5.41) is 0. The van der Waals surface area contributed by atoms with Crippen LogP contribution >= 0.6 is 0 Å². The molecular formula is C26H39FN2. The molecule has 1 atom stereocenters. The third-order valence-corrected chi connectivity index (χ3v) is 5.79. The Bertz CT molecular complexity index is 715. The average molecular weight is 399 g/mol. The van der Waals surface area contributed by atoms with Crippen LogP contribution < -0.4 is 11.5 Å². The third-order valence-electron chi connectivity index (χ3n) is 5.79. The molecule has 0 unspecified atom stereocenters. The molecule has 0 amide bonds. The number of halogens is 1. The highest BCUT2D eigenvalue weighted by molar-refractivity contribution is 5.28. The molecule has 0 spiro atoms. The second kappa shape index (κ2) is 12.1. The lowest BCUT2D eigenvalue weighted by atomic mass is 9.83. The molecule has 0 radical (unpaired) electrons. The summed E-state index contributed by atoms with van der Waals surface area (Å²) < 4.78 is 13.0. The second-order valence-electron chi connectivity index (χ2n) is 8.84. The van der Waals surface area contributed by atoms with E-state index in [1.54, 1.807) is 5.56 Å². The molecule has 4 N–H and O–H groups in total. The molecular weight excluding hydrogens is 359 g/mol. The van der Waals surface area contributed by atoms with Crippen LogP contribution in [-0.4, -0.2) is 12.6 Å². The molecule has 160 valence electrons. The zero-order valence-corrected chi connectivity index (χ0v) is 18.5. The highest BCUT2D eigenvalue weighted by Gasteiger charge is 2.15. The first-order chi connectivity index (χ1) is 13.9. The standard InChI is InChI=1S/C15H22.C11H17FN2/c1-12(2)14-9-6-10-15(11-14)13-7-4-3-5-8-13;1-8-4-9(6-10(12)5-8)7-11(14)2-3-13/h6,9-13H,3-5,7-8H2,1-2H3;4-6,11H,2-3,7,13-14H2,1H3/t;11-/m.1/s1. The number of aryl methyl sites for hydroxylation is 1. The minimum absolute atomic E-state index is 0.0289. The van der Waals surface area contributed by atoms with Crippen molar-refractivity contribution in [1.29, 1.82) is 0 Å².